The molecule has 3 unspecified atom stereocenters. The van der Waals surface area contributed by atoms with Crippen LogP contribution in [0, 0.1) is 0 Å². The van der Waals surface area contributed by atoms with Gasteiger partial charge in [-0.15, -0.1) is 0 Å². The van der Waals surface area contributed by atoms with Gasteiger partial charge in [-0.05, 0) is 162 Å². The number of anilines is 2. The summed E-state index contributed by atoms with van der Waals surface area (Å²) in [6, 6.07) is 36.9. The largest absolute Gasteiger partial charge is 0.364 e. The minimum atomic E-state index is -0.429. The highest BCUT2D eigenvalue weighted by atomic mass is 35.5. The third kappa shape index (κ3) is 13.7. The number of hydrogen-bond donors (Lipinski definition) is 3. The van der Waals surface area contributed by atoms with E-state index in [9.17, 15) is 38.4 Å². The fourth-order valence-electron chi connectivity index (χ4n) is 14.7. The van der Waals surface area contributed by atoms with E-state index in [-0.39, 0.29) is 58.3 Å². The molecule has 3 N–H and O–H groups in total. The van der Waals surface area contributed by atoms with E-state index in [1.807, 2.05) is 133 Å². The summed E-state index contributed by atoms with van der Waals surface area (Å²) in [7, 11) is 0. The Morgan fingerprint density at radius 3 is 1.30 bits per heavy atom. The molecule has 2 aliphatic carbocycles. The SMILES string of the molecule is C/C=C1/CCCC2(CC2)N1Cc1ccc(-c2cccc(C3CCC(=O)NC3=O)c2Cl)cn1.CC.CC1(C)CCCC(=O)N1c1ccc(-c2cccc(C3CCC(=O)NC3=O)c2Cl)cc1.O=C1CCC(c2cccc(-c3ccc(N4C(=O)CC45CCC5)cc3)c2Cl)C(=O)N1. The summed E-state index contributed by atoms with van der Waals surface area (Å²) in [6.45, 7) is 11.2. The second-order valence-corrected chi connectivity index (χ2v) is 27.2. The maximum absolute atomic E-state index is 12.5. The van der Waals surface area contributed by atoms with Crippen LogP contribution in [0.1, 0.15) is 190 Å². The molecule has 2 spiro atoms. The van der Waals surface area contributed by atoms with Gasteiger partial charge in [-0.25, -0.2) is 0 Å². The van der Waals surface area contributed by atoms with Gasteiger partial charge in [0.2, 0.25) is 47.3 Å². The number of nitrogens with one attached hydrogen (secondary N) is 3. The van der Waals surface area contributed by atoms with Gasteiger partial charge in [-0.1, -0.05) is 140 Å². The van der Waals surface area contributed by atoms with Crippen molar-refractivity contribution in [1.82, 2.24) is 25.8 Å². The maximum atomic E-state index is 12.5. The fraction of sp³-hybridized carbons (Fsp3) is 0.400. The van der Waals surface area contributed by atoms with Crippen LogP contribution in [0.15, 0.2) is 133 Å². The highest BCUT2D eigenvalue weighted by Crippen LogP contribution is 2.53. The molecule has 7 heterocycles. The number of nitrogens with zero attached hydrogens (tertiary/aromatic N) is 4. The third-order valence-electron chi connectivity index (χ3n) is 19.9. The minimum Gasteiger partial charge on any atom is -0.364 e. The number of imide groups is 3. The Hall–Kier alpha value is -7.98. The van der Waals surface area contributed by atoms with Crippen LogP contribution in [0.4, 0.5) is 11.4 Å². The number of β-lactam (4-membered cyclic amide) rings is 1. The summed E-state index contributed by atoms with van der Waals surface area (Å²) < 4.78 is 0. The first-order valence-electron chi connectivity index (χ1n) is 32.9. The number of benzene rings is 5. The van der Waals surface area contributed by atoms with Gasteiger partial charge in [0.15, 0.2) is 0 Å². The second kappa shape index (κ2) is 27.9. The first-order valence-corrected chi connectivity index (χ1v) is 34.0. The van der Waals surface area contributed by atoms with E-state index >= 15 is 0 Å². The minimum absolute atomic E-state index is 0.0575. The predicted molar refractivity (Wildman–Crippen MR) is 364 cm³/mol. The van der Waals surface area contributed by atoms with E-state index in [2.05, 4.69) is 59.8 Å². The van der Waals surface area contributed by atoms with Gasteiger partial charge in [-0.3, -0.25) is 59.3 Å². The number of carbonyl (C=O) groups excluding carboxylic acids is 8. The molecule has 6 aromatic rings. The van der Waals surface area contributed by atoms with Gasteiger partial charge >= 0.3 is 0 Å². The Morgan fingerprint density at radius 1 is 0.484 bits per heavy atom. The van der Waals surface area contributed by atoms with Crippen molar-refractivity contribution in [3.8, 4) is 33.4 Å². The summed E-state index contributed by atoms with van der Waals surface area (Å²) in [4.78, 5) is 107. The van der Waals surface area contributed by atoms with Crippen molar-refractivity contribution in [1.29, 1.82) is 0 Å². The Morgan fingerprint density at radius 2 is 0.914 bits per heavy atom. The Labute approximate surface area is 559 Å². The molecule has 6 aliphatic heterocycles. The van der Waals surface area contributed by atoms with E-state index < -0.39 is 17.8 Å². The molecule has 5 aromatic carbocycles. The van der Waals surface area contributed by atoms with Crippen molar-refractivity contribution < 1.29 is 38.4 Å². The molecule has 0 radical (unpaired) electrons. The standard InChI is InChI=1S/C26H28ClN3O2.C24H25ClN2O3.C23H21ClN2O3.C2H6/c1-2-19-5-4-12-26(13-14-26)30(19)16-18-9-8-17(15-28-18)20-6-3-7-21(24(20)27)22-10-11-23(31)29-25(22)32;1-24(2)14-4-7-21(29)27(24)16-10-8-15(9-11-16)17-5-3-6-18(22(17)25)19-12-13-20(28)26-23(19)30;24-21-16(3-1-4-17(21)18-9-10-19(27)25-22(18)29)14-5-7-15(8-6-14)26-20(28)13-23(26)11-2-12-23;1-2/h2-3,6-9,15,22H,4-5,10-14,16H2,1H3,(H,29,31,32);3,5-6,8-11,19H,4,7,12-14H2,1-2H3,(H,26,28,30);1,3-8,18H,2,9-13H2,(H,25,27,29);1-2H3/b19-2-;;;. The quantitative estimate of drug-likeness (QED) is 0.0877. The molecule has 8 aliphatic rings. The summed E-state index contributed by atoms with van der Waals surface area (Å²) in [5.41, 5.74) is 12.1. The van der Waals surface area contributed by atoms with E-state index in [0.717, 1.165) is 106 Å². The molecule has 18 heteroatoms. The molecule has 3 atom stereocenters. The van der Waals surface area contributed by atoms with Gasteiger partial charge in [0.05, 0.1) is 57.0 Å². The lowest BCUT2D eigenvalue weighted by molar-refractivity contribution is -0.135. The number of likely N-dealkylation sites (tertiary alicyclic amines) is 1. The summed E-state index contributed by atoms with van der Waals surface area (Å²) in [5, 5.41) is 8.83. The van der Waals surface area contributed by atoms with Crippen molar-refractivity contribution in [3.63, 3.8) is 0 Å². The van der Waals surface area contributed by atoms with Crippen LogP contribution in [0.2, 0.25) is 15.1 Å². The second-order valence-electron chi connectivity index (χ2n) is 26.1. The zero-order valence-electron chi connectivity index (χ0n) is 53.5. The number of hydrogen-bond acceptors (Lipinski definition) is 10. The average molecular weight is 1310 g/mol. The van der Waals surface area contributed by atoms with Crippen molar-refractivity contribution >= 4 is 93.4 Å². The van der Waals surface area contributed by atoms with Crippen LogP contribution in [-0.2, 0) is 44.9 Å². The van der Waals surface area contributed by atoms with Gasteiger partial charge < -0.3 is 14.7 Å². The number of piperidine rings is 5. The number of halogens is 3. The molecule has 484 valence electrons. The molecule has 0 bridgehead atoms. The zero-order valence-corrected chi connectivity index (χ0v) is 55.7. The number of pyridine rings is 1. The van der Waals surface area contributed by atoms with Gasteiger partial charge in [0.25, 0.3) is 0 Å². The summed E-state index contributed by atoms with van der Waals surface area (Å²) in [6.07, 6.45) is 19.3. The Kier molecular flexibility index (Phi) is 20.0. The maximum Gasteiger partial charge on any atom is 0.234 e. The lowest BCUT2D eigenvalue weighted by Gasteiger charge is -2.57. The summed E-state index contributed by atoms with van der Waals surface area (Å²) >= 11 is 20.1. The predicted octanol–water partition coefficient (Wildman–Crippen LogP) is 15.4. The average Bonchev–Trinajstić information content (AvgIpc) is 1.15. The van der Waals surface area contributed by atoms with Crippen molar-refractivity contribution in [2.75, 3.05) is 9.80 Å². The number of rotatable bonds is 10. The molecule has 8 amide bonds. The molecule has 1 aromatic heterocycles. The highest BCUT2D eigenvalue weighted by Gasteiger charge is 2.55. The normalized spacial score (nSPS) is 22.2. The number of carbonyl (C=O) groups is 8. The van der Waals surface area contributed by atoms with Crippen LogP contribution in [0.5, 0.6) is 0 Å². The topological polar surface area (TPSA) is 195 Å². The van der Waals surface area contributed by atoms with Gasteiger partial charge in [0, 0.05) is 82.3 Å². The molecule has 8 fully saturated rings. The molecule has 15 nitrogen and oxygen atoms in total. The van der Waals surface area contributed by atoms with Gasteiger partial charge in [0.1, 0.15) is 0 Å². The highest BCUT2D eigenvalue weighted by molar-refractivity contribution is 6.35. The molecular weight excluding hydrogens is 1230 g/mol. The van der Waals surface area contributed by atoms with Crippen LogP contribution in [0.25, 0.3) is 33.4 Å². The van der Waals surface area contributed by atoms with Crippen LogP contribution in [0.3, 0.4) is 0 Å². The van der Waals surface area contributed by atoms with E-state index in [0.29, 0.717) is 72.0 Å². The molecule has 2 saturated carbocycles. The Balaban J connectivity index is 0.000000141. The lowest BCUT2D eigenvalue weighted by Crippen LogP contribution is -2.67. The smallest absolute Gasteiger partial charge is 0.234 e. The first kappa shape index (κ1) is 66.5. The summed E-state index contributed by atoms with van der Waals surface area (Å²) in [5.74, 6) is -2.48. The van der Waals surface area contributed by atoms with Crippen LogP contribution < -0.4 is 25.8 Å². The van der Waals surface area contributed by atoms with E-state index in [1.165, 1.54) is 37.8 Å². The van der Waals surface area contributed by atoms with Crippen LogP contribution in [-0.4, -0.2) is 73.8 Å². The first-order chi connectivity index (χ1) is 44.8. The Bertz CT molecular complexity index is 3930. The fourth-order valence-corrected chi connectivity index (χ4v) is 15.8. The van der Waals surface area contributed by atoms with E-state index in [4.69, 9.17) is 39.8 Å². The lowest BCUT2D eigenvalue weighted by atomic mass is 9.67. The zero-order chi connectivity index (χ0) is 65.9. The molecule has 6 saturated heterocycles. The third-order valence-corrected chi connectivity index (χ3v) is 21.2. The molecule has 14 rings (SSSR count). The van der Waals surface area contributed by atoms with E-state index in [1.54, 1.807) is 0 Å². The monoisotopic (exact) mass is 1310 g/mol. The number of aromatic nitrogens is 1. The number of amides is 8. The van der Waals surface area contributed by atoms with Crippen molar-refractivity contribution in [3.05, 3.63) is 171 Å². The van der Waals surface area contributed by atoms with Crippen molar-refractivity contribution in [2.45, 2.75) is 191 Å². The molecular formula is C75H80Cl3N7O8. The van der Waals surface area contributed by atoms with Gasteiger partial charge in [-0.2, -0.15) is 0 Å². The molecule has 93 heavy (non-hydrogen) atoms. The van der Waals surface area contributed by atoms with Crippen LogP contribution >= 0.6 is 34.8 Å². The van der Waals surface area contributed by atoms with Crippen molar-refractivity contribution in [2.24, 2.45) is 0 Å². The number of allylic oxidation sites excluding steroid dienone is 2.